The molecule has 0 saturated carbocycles. The lowest BCUT2D eigenvalue weighted by Crippen LogP contribution is -2.18. The summed E-state index contributed by atoms with van der Waals surface area (Å²) in [6.45, 7) is 8.37. The number of hydrogen-bond acceptors (Lipinski definition) is 4. The van der Waals surface area contributed by atoms with Crippen LogP contribution < -0.4 is 10.1 Å². The first-order valence-corrected chi connectivity index (χ1v) is 8.47. The van der Waals surface area contributed by atoms with Gasteiger partial charge in [0, 0.05) is 22.9 Å². The molecule has 0 spiro atoms. The molecule has 0 fully saturated rings. The Morgan fingerprint density at radius 3 is 3.10 bits per heavy atom. The fourth-order valence-electron chi connectivity index (χ4n) is 2.71. The fourth-order valence-corrected chi connectivity index (χ4v) is 3.80. The van der Waals surface area contributed by atoms with Crippen LogP contribution in [-0.4, -0.2) is 18.1 Å². The zero-order valence-electron chi connectivity index (χ0n) is 12.9. The minimum Gasteiger partial charge on any atom is -0.493 e. The Morgan fingerprint density at radius 1 is 1.43 bits per heavy atom. The minimum atomic E-state index is 0.369. The maximum absolute atomic E-state index is 5.57. The normalized spacial score (nSPS) is 14.8. The van der Waals surface area contributed by atoms with Crippen molar-refractivity contribution in [2.24, 2.45) is 0 Å². The van der Waals surface area contributed by atoms with Gasteiger partial charge in [-0.2, -0.15) is 0 Å². The van der Waals surface area contributed by atoms with Crippen LogP contribution in [0, 0.1) is 6.92 Å². The second-order valence-corrected chi connectivity index (χ2v) is 6.60. The largest absolute Gasteiger partial charge is 0.493 e. The summed E-state index contributed by atoms with van der Waals surface area (Å²) in [7, 11) is 0. The van der Waals surface area contributed by atoms with Gasteiger partial charge in [0.25, 0.3) is 0 Å². The Labute approximate surface area is 130 Å². The molecular weight excluding hydrogens is 280 g/mol. The number of aromatic nitrogens is 1. The Bertz CT molecular complexity index is 636. The van der Waals surface area contributed by atoms with E-state index in [1.54, 1.807) is 11.3 Å². The standard InChI is InChI=1S/C17H22N2OS/c1-4-8-18-11(2)16-12(3)19-17(21-16)14-5-6-15-13(10-14)7-9-20-15/h5-6,10-11,18H,4,7-9H2,1-3H3. The molecule has 3 nitrogen and oxygen atoms in total. The molecule has 1 aromatic carbocycles. The second-order valence-electron chi connectivity index (χ2n) is 5.57. The molecule has 0 saturated heterocycles. The SMILES string of the molecule is CCCNC(C)c1sc(-c2ccc3c(c2)CCO3)nc1C. The second kappa shape index (κ2) is 6.16. The van der Waals surface area contributed by atoms with Crippen LogP contribution in [0.2, 0.25) is 0 Å². The fraction of sp³-hybridized carbons (Fsp3) is 0.471. The summed E-state index contributed by atoms with van der Waals surface area (Å²) in [6, 6.07) is 6.80. The number of ether oxygens (including phenoxy) is 1. The lowest BCUT2D eigenvalue weighted by Gasteiger charge is -2.11. The number of benzene rings is 1. The molecular formula is C17H22N2OS. The first kappa shape index (κ1) is 14.5. The zero-order valence-corrected chi connectivity index (χ0v) is 13.7. The molecule has 21 heavy (non-hydrogen) atoms. The molecule has 1 aromatic heterocycles. The number of fused-ring (bicyclic) bond motifs is 1. The molecule has 2 heterocycles. The van der Waals surface area contributed by atoms with Crippen LogP contribution >= 0.6 is 11.3 Å². The van der Waals surface area contributed by atoms with Crippen LogP contribution in [0.1, 0.15) is 42.4 Å². The lowest BCUT2D eigenvalue weighted by atomic mass is 10.1. The van der Waals surface area contributed by atoms with Crippen molar-refractivity contribution in [3.63, 3.8) is 0 Å². The van der Waals surface area contributed by atoms with Crippen molar-refractivity contribution in [2.75, 3.05) is 13.2 Å². The van der Waals surface area contributed by atoms with Crippen molar-refractivity contribution in [2.45, 2.75) is 39.7 Å². The number of thiazole rings is 1. The maximum Gasteiger partial charge on any atom is 0.123 e. The van der Waals surface area contributed by atoms with E-state index in [0.717, 1.165) is 42.4 Å². The van der Waals surface area contributed by atoms with Gasteiger partial charge >= 0.3 is 0 Å². The molecule has 1 atom stereocenters. The van der Waals surface area contributed by atoms with E-state index in [1.807, 2.05) is 0 Å². The highest BCUT2D eigenvalue weighted by molar-refractivity contribution is 7.15. The highest BCUT2D eigenvalue weighted by Gasteiger charge is 2.17. The summed E-state index contributed by atoms with van der Waals surface area (Å²) in [5, 5.41) is 4.66. The Hall–Kier alpha value is -1.39. The molecule has 1 aliphatic heterocycles. The van der Waals surface area contributed by atoms with Crippen LogP contribution in [0.15, 0.2) is 18.2 Å². The molecule has 4 heteroatoms. The zero-order chi connectivity index (χ0) is 14.8. The highest BCUT2D eigenvalue weighted by Crippen LogP contribution is 2.35. The molecule has 112 valence electrons. The van der Waals surface area contributed by atoms with Crippen LogP contribution in [0.3, 0.4) is 0 Å². The molecule has 0 amide bonds. The third-order valence-electron chi connectivity index (χ3n) is 3.86. The number of nitrogens with one attached hydrogen (secondary N) is 1. The van der Waals surface area contributed by atoms with E-state index in [9.17, 15) is 0 Å². The summed E-state index contributed by atoms with van der Waals surface area (Å²) >= 11 is 1.80. The molecule has 0 radical (unpaired) electrons. The monoisotopic (exact) mass is 302 g/mol. The molecule has 1 unspecified atom stereocenters. The summed E-state index contributed by atoms with van der Waals surface area (Å²) in [6.07, 6.45) is 2.16. The van der Waals surface area contributed by atoms with Crippen LogP contribution in [0.4, 0.5) is 0 Å². The molecule has 1 aliphatic rings. The van der Waals surface area contributed by atoms with E-state index in [0.29, 0.717) is 6.04 Å². The van der Waals surface area contributed by atoms with Crippen LogP contribution in [0.5, 0.6) is 5.75 Å². The van der Waals surface area contributed by atoms with Gasteiger partial charge in [-0.15, -0.1) is 11.3 Å². The molecule has 0 aliphatic carbocycles. The van der Waals surface area contributed by atoms with Crippen molar-refractivity contribution in [3.05, 3.63) is 34.3 Å². The summed E-state index contributed by atoms with van der Waals surface area (Å²) in [5.41, 5.74) is 3.66. The number of hydrogen-bond donors (Lipinski definition) is 1. The first-order valence-electron chi connectivity index (χ1n) is 7.66. The molecule has 1 N–H and O–H groups in total. The number of nitrogens with zero attached hydrogens (tertiary/aromatic N) is 1. The average Bonchev–Trinajstić information content (AvgIpc) is 3.10. The summed E-state index contributed by atoms with van der Waals surface area (Å²) in [5.74, 6) is 1.03. The van der Waals surface area contributed by atoms with Gasteiger partial charge in [-0.05, 0) is 50.6 Å². The molecule has 0 bridgehead atoms. The third kappa shape index (κ3) is 2.97. The lowest BCUT2D eigenvalue weighted by molar-refractivity contribution is 0.357. The van der Waals surface area contributed by atoms with E-state index in [2.05, 4.69) is 44.3 Å². The number of aryl methyl sites for hydroxylation is 1. The molecule has 3 rings (SSSR count). The van der Waals surface area contributed by atoms with E-state index in [-0.39, 0.29) is 0 Å². The van der Waals surface area contributed by atoms with E-state index in [1.165, 1.54) is 16.0 Å². The van der Waals surface area contributed by atoms with Gasteiger partial charge in [0.2, 0.25) is 0 Å². The Kier molecular flexibility index (Phi) is 4.27. The maximum atomic E-state index is 5.57. The van der Waals surface area contributed by atoms with Crippen molar-refractivity contribution in [1.29, 1.82) is 0 Å². The van der Waals surface area contributed by atoms with Crippen LogP contribution in [-0.2, 0) is 6.42 Å². The minimum absolute atomic E-state index is 0.369. The van der Waals surface area contributed by atoms with E-state index in [4.69, 9.17) is 9.72 Å². The summed E-state index contributed by atoms with van der Waals surface area (Å²) in [4.78, 5) is 6.12. The quantitative estimate of drug-likeness (QED) is 0.902. The third-order valence-corrected chi connectivity index (χ3v) is 5.25. The Balaban J connectivity index is 1.86. The van der Waals surface area contributed by atoms with Crippen molar-refractivity contribution < 1.29 is 4.74 Å². The predicted molar refractivity (Wildman–Crippen MR) is 88.2 cm³/mol. The van der Waals surface area contributed by atoms with Crippen molar-refractivity contribution >= 4 is 11.3 Å². The van der Waals surface area contributed by atoms with Crippen LogP contribution in [0.25, 0.3) is 10.6 Å². The van der Waals surface area contributed by atoms with E-state index < -0.39 is 0 Å². The molecule has 2 aromatic rings. The van der Waals surface area contributed by atoms with Gasteiger partial charge in [-0.25, -0.2) is 4.98 Å². The van der Waals surface area contributed by atoms with Gasteiger partial charge in [0.15, 0.2) is 0 Å². The van der Waals surface area contributed by atoms with Gasteiger partial charge in [-0.1, -0.05) is 6.92 Å². The van der Waals surface area contributed by atoms with Gasteiger partial charge in [0.1, 0.15) is 10.8 Å². The van der Waals surface area contributed by atoms with Gasteiger partial charge in [-0.3, -0.25) is 0 Å². The Morgan fingerprint density at radius 2 is 2.29 bits per heavy atom. The van der Waals surface area contributed by atoms with Gasteiger partial charge < -0.3 is 10.1 Å². The van der Waals surface area contributed by atoms with Crippen molar-refractivity contribution in [3.8, 4) is 16.3 Å². The number of rotatable bonds is 5. The topological polar surface area (TPSA) is 34.1 Å². The first-order chi connectivity index (χ1) is 10.2. The van der Waals surface area contributed by atoms with Gasteiger partial charge in [0.05, 0.1) is 12.3 Å². The van der Waals surface area contributed by atoms with E-state index >= 15 is 0 Å². The summed E-state index contributed by atoms with van der Waals surface area (Å²) < 4.78 is 5.57. The average molecular weight is 302 g/mol. The smallest absolute Gasteiger partial charge is 0.123 e. The van der Waals surface area contributed by atoms with Crippen molar-refractivity contribution in [1.82, 2.24) is 10.3 Å². The predicted octanol–water partition coefficient (Wildman–Crippen LogP) is 4.11. The highest BCUT2D eigenvalue weighted by atomic mass is 32.1.